The van der Waals surface area contributed by atoms with Crippen molar-refractivity contribution in [1.82, 2.24) is 10.3 Å². The molecule has 0 amide bonds. The van der Waals surface area contributed by atoms with Gasteiger partial charge in [0.05, 0.1) is 6.61 Å². The Kier molecular flexibility index (Phi) is 5.88. The van der Waals surface area contributed by atoms with Crippen LogP contribution < -0.4 is 15.4 Å². The van der Waals surface area contributed by atoms with E-state index in [0.717, 1.165) is 62.2 Å². The molecular weight excluding hydrogens is 334 g/mol. The molecule has 4 rings (SSSR count). The summed E-state index contributed by atoms with van der Waals surface area (Å²) in [5, 5.41) is 6.74. The lowest BCUT2D eigenvalue weighted by Crippen LogP contribution is -2.35. The molecule has 0 saturated carbocycles. The van der Waals surface area contributed by atoms with Crippen LogP contribution in [0.15, 0.2) is 22.6 Å². The van der Waals surface area contributed by atoms with Crippen molar-refractivity contribution in [3.05, 3.63) is 18.2 Å². The Hall–Kier alpha value is -1.83. The van der Waals surface area contributed by atoms with Gasteiger partial charge in [-0.2, -0.15) is 4.98 Å². The number of fused-ring (bicyclic) bond motifs is 1. The van der Waals surface area contributed by atoms with E-state index < -0.39 is 0 Å². The van der Waals surface area contributed by atoms with Crippen LogP contribution in [0, 0.1) is 0 Å². The molecule has 0 radical (unpaired) electrons. The van der Waals surface area contributed by atoms with Crippen molar-refractivity contribution in [3.8, 4) is 5.75 Å². The number of nitrogens with zero attached hydrogens (tertiary/aromatic N) is 1. The van der Waals surface area contributed by atoms with Gasteiger partial charge in [-0.05, 0) is 57.3 Å². The standard InChI is InChI=1S/C19H27N3O4/c1-2-10-24-18(3-1)25-12-11-23-15-4-5-17-16(13-15)22-19(26-17)21-14-6-8-20-9-7-14/h4-5,13-14,18,20H,1-3,6-12H2,(H,21,22). The lowest BCUT2D eigenvalue weighted by atomic mass is 10.1. The van der Waals surface area contributed by atoms with Gasteiger partial charge in [-0.15, -0.1) is 0 Å². The molecule has 0 bridgehead atoms. The van der Waals surface area contributed by atoms with Crippen LogP contribution in [0.4, 0.5) is 6.01 Å². The van der Waals surface area contributed by atoms with Crippen LogP contribution in [0.2, 0.25) is 0 Å². The zero-order valence-electron chi connectivity index (χ0n) is 15.0. The van der Waals surface area contributed by atoms with Crippen molar-refractivity contribution in [3.63, 3.8) is 0 Å². The number of aromatic nitrogens is 1. The summed E-state index contributed by atoms with van der Waals surface area (Å²) in [7, 11) is 0. The normalized spacial score (nSPS) is 21.8. The molecule has 7 heteroatoms. The molecule has 2 aliphatic rings. The van der Waals surface area contributed by atoms with E-state index in [4.69, 9.17) is 18.6 Å². The van der Waals surface area contributed by atoms with Crippen LogP contribution in [0.1, 0.15) is 32.1 Å². The molecular formula is C19H27N3O4. The van der Waals surface area contributed by atoms with Crippen molar-refractivity contribution < 1.29 is 18.6 Å². The summed E-state index contributed by atoms with van der Waals surface area (Å²) in [5.74, 6) is 0.771. The van der Waals surface area contributed by atoms with Crippen LogP contribution in [0.5, 0.6) is 5.75 Å². The number of nitrogens with one attached hydrogen (secondary N) is 2. The SMILES string of the molecule is c1cc2oc(NC3CCNCC3)nc2cc1OCCOC1CCCCO1. The number of hydrogen-bond donors (Lipinski definition) is 2. The second kappa shape index (κ2) is 8.70. The van der Waals surface area contributed by atoms with Gasteiger partial charge < -0.3 is 29.3 Å². The molecule has 2 N–H and O–H groups in total. The van der Waals surface area contributed by atoms with E-state index in [1.165, 1.54) is 6.42 Å². The molecule has 7 nitrogen and oxygen atoms in total. The summed E-state index contributed by atoms with van der Waals surface area (Å²) in [6, 6.07) is 6.71. The van der Waals surface area contributed by atoms with Crippen molar-refractivity contribution in [2.75, 3.05) is 38.2 Å². The molecule has 2 saturated heterocycles. The topological polar surface area (TPSA) is 77.8 Å². The van der Waals surface area contributed by atoms with E-state index in [1.807, 2.05) is 18.2 Å². The Labute approximate surface area is 153 Å². The third-order valence-electron chi connectivity index (χ3n) is 4.82. The van der Waals surface area contributed by atoms with Crippen molar-refractivity contribution >= 4 is 17.1 Å². The van der Waals surface area contributed by atoms with E-state index >= 15 is 0 Å². The average Bonchev–Trinajstić information content (AvgIpc) is 3.08. The monoisotopic (exact) mass is 361 g/mol. The highest BCUT2D eigenvalue weighted by Gasteiger charge is 2.16. The Bertz CT molecular complexity index is 693. The predicted molar refractivity (Wildman–Crippen MR) is 98.6 cm³/mol. The number of anilines is 1. The summed E-state index contributed by atoms with van der Waals surface area (Å²) in [6.45, 7) is 3.86. The molecule has 26 heavy (non-hydrogen) atoms. The first-order chi connectivity index (χ1) is 12.9. The maximum absolute atomic E-state index is 5.79. The minimum absolute atomic E-state index is 0.0750. The molecule has 0 aliphatic carbocycles. The number of piperidine rings is 1. The smallest absolute Gasteiger partial charge is 0.295 e. The third kappa shape index (κ3) is 4.66. The van der Waals surface area contributed by atoms with Gasteiger partial charge in [-0.1, -0.05) is 0 Å². The molecule has 0 spiro atoms. The van der Waals surface area contributed by atoms with E-state index in [0.29, 0.717) is 25.3 Å². The van der Waals surface area contributed by atoms with Gasteiger partial charge in [0.25, 0.3) is 6.01 Å². The maximum Gasteiger partial charge on any atom is 0.295 e. The fourth-order valence-electron chi connectivity index (χ4n) is 3.38. The first-order valence-corrected chi connectivity index (χ1v) is 9.61. The fraction of sp³-hybridized carbons (Fsp3) is 0.632. The Morgan fingerprint density at radius 3 is 2.92 bits per heavy atom. The van der Waals surface area contributed by atoms with Crippen molar-refractivity contribution in [2.45, 2.75) is 44.4 Å². The van der Waals surface area contributed by atoms with Crippen LogP contribution >= 0.6 is 0 Å². The van der Waals surface area contributed by atoms with Crippen LogP contribution in [-0.4, -0.2) is 50.2 Å². The highest BCUT2D eigenvalue weighted by molar-refractivity contribution is 5.76. The number of benzene rings is 1. The number of rotatable bonds is 7. The summed E-state index contributed by atoms with van der Waals surface area (Å²) in [5.41, 5.74) is 1.57. The highest BCUT2D eigenvalue weighted by Crippen LogP contribution is 2.25. The zero-order valence-corrected chi connectivity index (χ0v) is 15.0. The van der Waals surface area contributed by atoms with Gasteiger partial charge in [0.1, 0.15) is 17.9 Å². The minimum Gasteiger partial charge on any atom is -0.491 e. The van der Waals surface area contributed by atoms with Crippen LogP contribution in [0.3, 0.4) is 0 Å². The zero-order chi connectivity index (χ0) is 17.6. The van der Waals surface area contributed by atoms with Crippen molar-refractivity contribution in [1.29, 1.82) is 0 Å². The van der Waals surface area contributed by atoms with E-state index in [9.17, 15) is 0 Å². The molecule has 1 atom stereocenters. The average molecular weight is 361 g/mol. The van der Waals surface area contributed by atoms with E-state index in [-0.39, 0.29) is 6.29 Å². The van der Waals surface area contributed by atoms with Gasteiger partial charge in [0.15, 0.2) is 11.9 Å². The Morgan fingerprint density at radius 2 is 2.08 bits per heavy atom. The molecule has 2 aliphatic heterocycles. The van der Waals surface area contributed by atoms with Crippen LogP contribution in [0.25, 0.3) is 11.1 Å². The summed E-state index contributed by atoms with van der Waals surface area (Å²) < 4.78 is 22.8. The number of hydrogen-bond acceptors (Lipinski definition) is 7. The minimum atomic E-state index is -0.0750. The summed E-state index contributed by atoms with van der Waals surface area (Å²) in [6.07, 6.45) is 5.35. The van der Waals surface area contributed by atoms with Gasteiger partial charge in [0, 0.05) is 18.7 Å². The number of ether oxygens (including phenoxy) is 3. The second-order valence-corrected chi connectivity index (χ2v) is 6.83. The first-order valence-electron chi connectivity index (χ1n) is 9.61. The van der Waals surface area contributed by atoms with Gasteiger partial charge >= 0.3 is 0 Å². The number of oxazole rings is 1. The van der Waals surface area contributed by atoms with Gasteiger partial charge in [-0.3, -0.25) is 0 Å². The lowest BCUT2D eigenvalue weighted by molar-refractivity contribution is -0.165. The third-order valence-corrected chi connectivity index (χ3v) is 4.82. The fourth-order valence-corrected chi connectivity index (χ4v) is 3.38. The first kappa shape index (κ1) is 17.6. The van der Waals surface area contributed by atoms with Gasteiger partial charge in [0.2, 0.25) is 0 Å². The Balaban J connectivity index is 1.27. The molecule has 1 aromatic heterocycles. The summed E-state index contributed by atoms with van der Waals surface area (Å²) >= 11 is 0. The highest BCUT2D eigenvalue weighted by atomic mass is 16.7. The molecule has 2 aromatic rings. The van der Waals surface area contributed by atoms with Crippen molar-refractivity contribution in [2.24, 2.45) is 0 Å². The summed E-state index contributed by atoms with van der Waals surface area (Å²) in [4.78, 5) is 4.54. The van der Waals surface area contributed by atoms with E-state index in [1.54, 1.807) is 0 Å². The van der Waals surface area contributed by atoms with Crippen LogP contribution in [-0.2, 0) is 9.47 Å². The molecule has 1 unspecified atom stereocenters. The maximum atomic E-state index is 5.79. The molecule has 2 fully saturated rings. The quantitative estimate of drug-likeness (QED) is 0.734. The second-order valence-electron chi connectivity index (χ2n) is 6.83. The predicted octanol–water partition coefficient (Wildman–Crippen LogP) is 2.91. The molecule has 1 aromatic carbocycles. The van der Waals surface area contributed by atoms with E-state index in [2.05, 4.69) is 15.6 Å². The van der Waals surface area contributed by atoms with Gasteiger partial charge in [-0.25, -0.2) is 0 Å². The Morgan fingerprint density at radius 1 is 1.15 bits per heavy atom. The lowest BCUT2D eigenvalue weighted by Gasteiger charge is -2.22. The molecule has 3 heterocycles. The largest absolute Gasteiger partial charge is 0.491 e. The molecule has 142 valence electrons.